The Morgan fingerprint density at radius 3 is 3.11 bits per heavy atom. The Morgan fingerprint density at radius 2 is 2.26 bits per heavy atom. The number of hydrogen-bond acceptors (Lipinski definition) is 4. The lowest BCUT2D eigenvalue weighted by atomic mass is 10.1. The third kappa shape index (κ3) is 2.08. The highest BCUT2D eigenvalue weighted by Gasteiger charge is 2.29. The van der Waals surface area contributed by atoms with Gasteiger partial charge in [-0.1, -0.05) is 12.1 Å². The number of carbonyl (C=O) groups is 1. The van der Waals surface area contributed by atoms with Crippen molar-refractivity contribution in [3.63, 3.8) is 0 Å². The highest BCUT2D eigenvalue weighted by atomic mass is 16.2. The quantitative estimate of drug-likeness (QED) is 0.893. The van der Waals surface area contributed by atoms with E-state index in [9.17, 15) is 4.79 Å². The summed E-state index contributed by atoms with van der Waals surface area (Å²) in [5.41, 5.74) is 8.40. The van der Waals surface area contributed by atoms with Gasteiger partial charge in [0.1, 0.15) is 12.1 Å². The van der Waals surface area contributed by atoms with Crippen molar-refractivity contribution in [2.24, 2.45) is 5.73 Å². The van der Waals surface area contributed by atoms with Crippen LogP contribution in [-0.2, 0) is 17.6 Å². The van der Waals surface area contributed by atoms with Crippen molar-refractivity contribution in [1.29, 1.82) is 0 Å². The standard InChI is InChI=1S/C14H14N4O/c15-5-4-10-2-1-3-12(6-10)18-13(19)7-11-8-16-9-17-14(11)18/h1-3,6,8-9H,4-5,7,15H2. The molecule has 5 nitrogen and oxygen atoms in total. The average molecular weight is 254 g/mol. The molecular formula is C14H14N4O. The summed E-state index contributed by atoms with van der Waals surface area (Å²) < 4.78 is 0. The second kappa shape index (κ2) is 4.78. The van der Waals surface area contributed by atoms with Crippen LogP contribution in [0.1, 0.15) is 11.1 Å². The Bertz CT molecular complexity index is 626. The SMILES string of the molecule is NCCc1cccc(N2C(=O)Cc3cncnc32)c1. The van der Waals surface area contributed by atoms with Crippen molar-refractivity contribution in [3.05, 3.63) is 47.9 Å². The van der Waals surface area contributed by atoms with Gasteiger partial charge in [-0.3, -0.25) is 9.69 Å². The van der Waals surface area contributed by atoms with Crippen molar-refractivity contribution in [2.45, 2.75) is 12.8 Å². The maximum atomic E-state index is 12.1. The zero-order valence-corrected chi connectivity index (χ0v) is 10.4. The monoisotopic (exact) mass is 254 g/mol. The molecule has 2 heterocycles. The third-order valence-electron chi connectivity index (χ3n) is 3.17. The minimum Gasteiger partial charge on any atom is -0.330 e. The van der Waals surface area contributed by atoms with E-state index in [1.165, 1.54) is 6.33 Å². The number of aromatic nitrogens is 2. The average Bonchev–Trinajstić information content (AvgIpc) is 2.75. The van der Waals surface area contributed by atoms with Gasteiger partial charge in [0.15, 0.2) is 0 Å². The van der Waals surface area contributed by atoms with Crippen LogP contribution < -0.4 is 10.6 Å². The molecule has 0 aliphatic carbocycles. The predicted molar refractivity (Wildman–Crippen MR) is 72.1 cm³/mol. The fourth-order valence-corrected chi connectivity index (χ4v) is 2.32. The molecule has 0 spiro atoms. The molecule has 0 atom stereocenters. The number of amides is 1. The lowest BCUT2D eigenvalue weighted by Crippen LogP contribution is -2.21. The van der Waals surface area contributed by atoms with E-state index in [0.717, 1.165) is 23.2 Å². The predicted octanol–water partition coefficient (Wildman–Crippen LogP) is 1.20. The summed E-state index contributed by atoms with van der Waals surface area (Å²) in [7, 11) is 0. The molecule has 1 amide bonds. The number of rotatable bonds is 3. The topological polar surface area (TPSA) is 72.1 Å². The van der Waals surface area contributed by atoms with Crippen LogP contribution in [0.5, 0.6) is 0 Å². The Hall–Kier alpha value is -2.27. The van der Waals surface area contributed by atoms with Crippen molar-refractivity contribution >= 4 is 17.4 Å². The number of hydrogen-bond donors (Lipinski definition) is 1. The van der Waals surface area contributed by atoms with Gasteiger partial charge in [0.05, 0.1) is 12.1 Å². The van der Waals surface area contributed by atoms with Gasteiger partial charge in [0, 0.05) is 11.8 Å². The number of fused-ring (bicyclic) bond motifs is 1. The minimum absolute atomic E-state index is 0.0281. The van der Waals surface area contributed by atoms with Gasteiger partial charge in [-0.25, -0.2) is 9.97 Å². The molecule has 96 valence electrons. The van der Waals surface area contributed by atoms with Crippen LogP contribution in [0.4, 0.5) is 11.5 Å². The van der Waals surface area contributed by atoms with Crippen molar-refractivity contribution in [3.8, 4) is 0 Å². The molecule has 19 heavy (non-hydrogen) atoms. The zero-order valence-electron chi connectivity index (χ0n) is 10.4. The largest absolute Gasteiger partial charge is 0.330 e. The fourth-order valence-electron chi connectivity index (χ4n) is 2.32. The molecule has 0 saturated carbocycles. The number of nitrogens with two attached hydrogens (primary N) is 1. The van der Waals surface area contributed by atoms with E-state index >= 15 is 0 Å². The molecule has 1 aromatic heterocycles. The molecule has 5 heteroatoms. The van der Waals surface area contributed by atoms with E-state index in [-0.39, 0.29) is 5.91 Å². The fraction of sp³-hybridized carbons (Fsp3) is 0.214. The van der Waals surface area contributed by atoms with Gasteiger partial charge in [-0.2, -0.15) is 0 Å². The van der Waals surface area contributed by atoms with Gasteiger partial charge in [-0.15, -0.1) is 0 Å². The molecule has 1 aromatic carbocycles. The van der Waals surface area contributed by atoms with Gasteiger partial charge in [0.2, 0.25) is 5.91 Å². The van der Waals surface area contributed by atoms with Gasteiger partial charge < -0.3 is 5.73 Å². The maximum absolute atomic E-state index is 12.1. The summed E-state index contributed by atoms with van der Waals surface area (Å²) in [6.45, 7) is 0.593. The van der Waals surface area contributed by atoms with E-state index < -0.39 is 0 Å². The molecule has 2 aromatic rings. The summed E-state index contributed by atoms with van der Waals surface area (Å²) in [5.74, 6) is 0.713. The van der Waals surface area contributed by atoms with Crippen LogP contribution >= 0.6 is 0 Å². The molecule has 0 fully saturated rings. The van der Waals surface area contributed by atoms with Gasteiger partial charge >= 0.3 is 0 Å². The molecule has 0 radical (unpaired) electrons. The molecule has 3 rings (SSSR count). The van der Waals surface area contributed by atoms with E-state index in [1.54, 1.807) is 11.1 Å². The van der Waals surface area contributed by atoms with Gasteiger partial charge in [-0.05, 0) is 30.7 Å². The molecule has 1 aliphatic heterocycles. The van der Waals surface area contributed by atoms with E-state index in [1.807, 2.05) is 24.3 Å². The first-order valence-corrected chi connectivity index (χ1v) is 6.20. The Labute approximate surface area is 111 Å². The van der Waals surface area contributed by atoms with E-state index in [4.69, 9.17) is 5.73 Å². The van der Waals surface area contributed by atoms with Crippen LogP contribution in [0.2, 0.25) is 0 Å². The first kappa shape index (κ1) is 11.8. The lowest BCUT2D eigenvalue weighted by molar-refractivity contribution is -0.116. The second-order valence-corrected chi connectivity index (χ2v) is 4.49. The Kier molecular flexibility index (Phi) is 2.97. The third-order valence-corrected chi connectivity index (χ3v) is 3.17. The maximum Gasteiger partial charge on any atom is 0.237 e. The highest BCUT2D eigenvalue weighted by molar-refractivity contribution is 6.06. The first-order valence-electron chi connectivity index (χ1n) is 6.20. The number of nitrogens with zero attached hydrogens (tertiary/aromatic N) is 3. The summed E-state index contributed by atoms with van der Waals surface area (Å²) in [4.78, 5) is 22.0. The van der Waals surface area contributed by atoms with E-state index in [0.29, 0.717) is 18.8 Å². The lowest BCUT2D eigenvalue weighted by Gasteiger charge is -2.17. The highest BCUT2D eigenvalue weighted by Crippen LogP contribution is 2.33. The minimum atomic E-state index is 0.0281. The molecular weight excluding hydrogens is 240 g/mol. The normalized spacial score (nSPS) is 13.7. The van der Waals surface area contributed by atoms with Crippen molar-refractivity contribution in [2.75, 3.05) is 11.4 Å². The molecule has 0 bridgehead atoms. The van der Waals surface area contributed by atoms with Crippen molar-refractivity contribution in [1.82, 2.24) is 9.97 Å². The smallest absolute Gasteiger partial charge is 0.237 e. The van der Waals surface area contributed by atoms with Crippen LogP contribution in [0.15, 0.2) is 36.8 Å². The van der Waals surface area contributed by atoms with Crippen molar-refractivity contribution < 1.29 is 4.79 Å². The Balaban J connectivity index is 2.02. The van der Waals surface area contributed by atoms with Crippen LogP contribution in [0, 0.1) is 0 Å². The molecule has 0 unspecified atom stereocenters. The van der Waals surface area contributed by atoms with Crippen LogP contribution in [0.25, 0.3) is 0 Å². The molecule has 0 saturated heterocycles. The summed E-state index contributed by atoms with van der Waals surface area (Å²) in [5, 5.41) is 0. The summed E-state index contributed by atoms with van der Waals surface area (Å²) in [6, 6.07) is 7.85. The van der Waals surface area contributed by atoms with E-state index in [2.05, 4.69) is 9.97 Å². The number of carbonyl (C=O) groups excluding carboxylic acids is 1. The first-order chi connectivity index (χ1) is 9.29. The summed E-state index contributed by atoms with van der Waals surface area (Å²) in [6.07, 6.45) is 4.32. The summed E-state index contributed by atoms with van der Waals surface area (Å²) >= 11 is 0. The second-order valence-electron chi connectivity index (χ2n) is 4.49. The zero-order chi connectivity index (χ0) is 13.2. The Morgan fingerprint density at radius 1 is 1.37 bits per heavy atom. The molecule has 2 N–H and O–H groups in total. The van der Waals surface area contributed by atoms with Gasteiger partial charge in [0.25, 0.3) is 0 Å². The van der Waals surface area contributed by atoms with Crippen LogP contribution in [0.3, 0.4) is 0 Å². The number of anilines is 2. The molecule has 1 aliphatic rings. The number of benzene rings is 1. The van der Waals surface area contributed by atoms with Crippen LogP contribution in [-0.4, -0.2) is 22.4 Å².